The van der Waals surface area contributed by atoms with Crippen molar-refractivity contribution in [2.24, 2.45) is 5.73 Å². The lowest BCUT2D eigenvalue weighted by molar-refractivity contribution is 0.954. The Morgan fingerprint density at radius 1 is 1.13 bits per heavy atom. The van der Waals surface area contributed by atoms with E-state index in [4.69, 9.17) is 5.73 Å². The van der Waals surface area contributed by atoms with Crippen LogP contribution >= 0.6 is 0 Å². The van der Waals surface area contributed by atoms with E-state index in [1.165, 1.54) is 0 Å². The van der Waals surface area contributed by atoms with Gasteiger partial charge in [0.2, 0.25) is 0 Å². The van der Waals surface area contributed by atoms with Gasteiger partial charge in [0, 0.05) is 25.1 Å². The highest BCUT2D eigenvalue weighted by atomic mass is 15.0. The molecule has 0 spiro atoms. The lowest BCUT2D eigenvalue weighted by atomic mass is 10.3. The normalized spacial score (nSPS) is 10.3. The standard InChI is InChI=1S/C10H11N5/c1-7-5-13-9(14-6-7)10-12-3-2-8(4-11)15-10/h2-3,5-6H,4,11H2,1H3. The number of nitrogens with two attached hydrogens (primary N) is 1. The zero-order valence-corrected chi connectivity index (χ0v) is 8.38. The first-order valence-electron chi connectivity index (χ1n) is 4.60. The van der Waals surface area contributed by atoms with Crippen molar-refractivity contribution in [3.05, 3.63) is 35.9 Å². The summed E-state index contributed by atoms with van der Waals surface area (Å²) in [6.45, 7) is 2.32. The molecule has 5 heteroatoms. The molecule has 0 aromatic carbocycles. The summed E-state index contributed by atoms with van der Waals surface area (Å²) in [6, 6.07) is 1.78. The Bertz CT molecular complexity index is 452. The van der Waals surface area contributed by atoms with Crippen LogP contribution in [-0.2, 0) is 6.54 Å². The van der Waals surface area contributed by atoms with Crippen molar-refractivity contribution in [2.75, 3.05) is 0 Å². The van der Waals surface area contributed by atoms with Gasteiger partial charge < -0.3 is 5.73 Å². The Kier molecular flexibility index (Phi) is 2.64. The third kappa shape index (κ3) is 2.13. The average molecular weight is 201 g/mol. The highest BCUT2D eigenvalue weighted by molar-refractivity contribution is 5.42. The second kappa shape index (κ2) is 4.10. The fourth-order valence-electron chi connectivity index (χ4n) is 1.13. The Balaban J connectivity index is 2.40. The zero-order valence-electron chi connectivity index (χ0n) is 8.38. The summed E-state index contributed by atoms with van der Waals surface area (Å²) in [5, 5.41) is 0. The number of aryl methyl sites for hydroxylation is 1. The van der Waals surface area contributed by atoms with Gasteiger partial charge in [-0.05, 0) is 18.6 Å². The molecule has 0 aliphatic heterocycles. The van der Waals surface area contributed by atoms with Gasteiger partial charge in [-0.15, -0.1) is 0 Å². The van der Waals surface area contributed by atoms with E-state index in [1.807, 2.05) is 6.92 Å². The molecular weight excluding hydrogens is 190 g/mol. The van der Waals surface area contributed by atoms with E-state index in [0.29, 0.717) is 18.2 Å². The van der Waals surface area contributed by atoms with Crippen LogP contribution in [0.1, 0.15) is 11.3 Å². The van der Waals surface area contributed by atoms with Gasteiger partial charge in [0.1, 0.15) is 0 Å². The van der Waals surface area contributed by atoms with Crippen LogP contribution in [-0.4, -0.2) is 19.9 Å². The molecule has 0 radical (unpaired) electrons. The summed E-state index contributed by atoms with van der Waals surface area (Å²) in [5.74, 6) is 1.04. The molecule has 76 valence electrons. The first-order valence-corrected chi connectivity index (χ1v) is 4.60. The maximum atomic E-state index is 5.49. The molecule has 2 heterocycles. The van der Waals surface area contributed by atoms with E-state index in [0.717, 1.165) is 11.3 Å². The molecule has 2 rings (SSSR count). The van der Waals surface area contributed by atoms with E-state index < -0.39 is 0 Å². The van der Waals surface area contributed by atoms with Crippen molar-refractivity contribution in [1.29, 1.82) is 0 Å². The fourth-order valence-corrected chi connectivity index (χ4v) is 1.13. The van der Waals surface area contributed by atoms with Crippen molar-refractivity contribution < 1.29 is 0 Å². The molecule has 0 aliphatic rings. The van der Waals surface area contributed by atoms with Gasteiger partial charge in [-0.25, -0.2) is 19.9 Å². The Morgan fingerprint density at radius 2 is 1.87 bits per heavy atom. The van der Waals surface area contributed by atoms with Crippen molar-refractivity contribution in [2.45, 2.75) is 13.5 Å². The average Bonchev–Trinajstić information content (AvgIpc) is 2.30. The van der Waals surface area contributed by atoms with Gasteiger partial charge in [0.05, 0.1) is 5.69 Å². The highest BCUT2D eigenvalue weighted by Gasteiger charge is 2.04. The van der Waals surface area contributed by atoms with Crippen molar-refractivity contribution in [3.63, 3.8) is 0 Å². The summed E-state index contributed by atoms with van der Waals surface area (Å²) in [5.41, 5.74) is 7.28. The molecule has 0 saturated heterocycles. The molecule has 2 aromatic heterocycles. The molecule has 0 bridgehead atoms. The highest BCUT2D eigenvalue weighted by Crippen LogP contribution is 2.08. The van der Waals surface area contributed by atoms with Crippen LogP contribution in [0.3, 0.4) is 0 Å². The van der Waals surface area contributed by atoms with Gasteiger partial charge in [-0.3, -0.25) is 0 Å². The molecule has 0 aliphatic carbocycles. The third-order valence-electron chi connectivity index (χ3n) is 1.90. The first kappa shape index (κ1) is 9.67. The largest absolute Gasteiger partial charge is 0.325 e. The third-order valence-corrected chi connectivity index (χ3v) is 1.90. The molecule has 0 fully saturated rings. The summed E-state index contributed by atoms with van der Waals surface area (Å²) in [7, 11) is 0. The monoisotopic (exact) mass is 201 g/mol. The molecule has 0 unspecified atom stereocenters. The van der Waals surface area contributed by atoms with Gasteiger partial charge in [-0.2, -0.15) is 0 Å². The summed E-state index contributed by atoms with van der Waals surface area (Å²) >= 11 is 0. The van der Waals surface area contributed by atoms with E-state index in [1.54, 1.807) is 24.7 Å². The smallest absolute Gasteiger partial charge is 0.197 e. The second-order valence-electron chi connectivity index (χ2n) is 3.16. The SMILES string of the molecule is Cc1cnc(-c2nccc(CN)n2)nc1. The van der Waals surface area contributed by atoms with Crippen LogP contribution in [0.5, 0.6) is 0 Å². The quantitative estimate of drug-likeness (QED) is 0.773. The van der Waals surface area contributed by atoms with Crippen LogP contribution in [0.25, 0.3) is 11.6 Å². The number of hydrogen-bond acceptors (Lipinski definition) is 5. The Hall–Kier alpha value is -1.88. The molecule has 5 nitrogen and oxygen atoms in total. The van der Waals surface area contributed by atoms with Crippen LogP contribution < -0.4 is 5.73 Å². The van der Waals surface area contributed by atoms with E-state index in [2.05, 4.69) is 19.9 Å². The minimum absolute atomic E-state index is 0.390. The molecule has 2 N–H and O–H groups in total. The van der Waals surface area contributed by atoms with Gasteiger partial charge in [-0.1, -0.05) is 0 Å². The number of hydrogen-bond donors (Lipinski definition) is 1. The summed E-state index contributed by atoms with van der Waals surface area (Å²) in [6.07, 6.45) is 5.13. The van der Waals surface area contributed by atoms with Crippen LogP contribution in [0.15, 0.2) is 24.7 Å². The predicted octanol–water partition coefficient (Wildman–Crippen LogP) is 0.701. The Morgan fingerprint density at radius 3 is 2.53 bits per heavy atom. The lowest BCUT2D eigenvalue weighted by Gasteiger charge is -2.00. The Labute approximate surface area is 87.4 Å². The molecule has 2 aromatic rings. The minimum atomic E-state index is 0.390. The maximum absolute atomic E-state index is 5.49. The molecule has 0 atom stereocenters. The number of aromatic nitrogens is 4. The van der Waals surface area contributed by atoms with Crippen molar-refractivity contribution in [1.82, 2.24) is 19.9 Å². The predicted molar refractivity (Wildman–Crippen MR) is 55.7 cm³/mol. The van der Waals surface area contributed by atoms with Crippen LogP contribution in [0.2, 0.25) is 0 Å². The molecule has 0 amide bonds. The molecule has 15 heavy (non-hydrogen) atoms. The number of nitrogens with zero attached hydrogens (tertiary/aromatic N) is 4. The van der Waals surface area contributed by atoms with Gasteiger partial charge in [0.25, 0.3) is 0 Å². The van der Waals surface area contributed by atoms with Gasteiger partial charge >= 0.3 is 0 Å². The van der Waals surface area contributed by atoms with E-state index in [9.17, 15) is 0 Å². The molecular formula is C10H11N5. The maximum Gasteiger partial charge on any atom is 0.197 e. The number of rotatable bonds is 2. The van der Waals surface area contributed by atoms with E-state index >= 15 is 0 Å². The second-order valence-corrected chi connectivity index (χ2v) is 3.16. The first-order chi connectivity index (χ1) is 7.29. The van der Waals surface area contributed by atoms with E-state index in [-0.39, 0.29) is 0 Å². The minimum Gasteiger partial charge on any atom is -0.325 e. The van der Waals surface area contributed by atoms with Gasteiger partial charge in [0.15, 0.2) is 11.6 Å². The summed E-state index contributed by atoms with van der Waals surface area (Å²) in [4.78, 5) is 16.6. The van der Waals surface area contributed by atoms with Crippen LogP contribution in [0.4, 0.5) is 0 Å². The zero-order chi connectivity index (χ0) is 10.7. The molecule has 0 saturated carbocycles. The fraction of sp³-hybridized carbons (Fsp3) is 0.200. The van der Waals surface area contributed by atoms with Crippen molar-refractivity contribution >= 4 is 0 Å². The lowest BCUT2D eigenvalue weighted by Crippen LogP contribution is -2.02. The van der Waals surface area contributed by atoms with Crippen LogP contribution in [0, 0.1) is 6.92 Å². The topological polar surface area (TPSA) is 77.6 Å². The summed E-state index contributed by atoms with van der Waals surface area (Å²) < 4.78 is 0. The van der Waals surface area contributed by atoms with Crippen molar-refractivity contribution in [3.8, 4) is 11.6 Å².